The van der Waals surface area contributed by atoms with Gasteiger partial charge in [-0.3, -0.25) is 4.79 Å². The van der Waals surface area contributed by atoms with Crippen molar-refractivity contribution in [3.05, 3.63) is 0 Å². The van der Waals surface area contributed by atoms with Crippen LogP contribution in [0.4, 0.5) is 0 Å². The van der Waals surface area contributed by atoms with E-state index < -0.39 is 0 Å². The fourth-order valence-electron chi connectivity index (χ4n) is 1.80. The van der Waals surface area contributed by atoms with Crippen LogP contribution in [0.5, 0.6) is 0 Å². The summed E-state index contributed by atoms with van der Waals surface area (Å²) in [5, 5.41) is 6.43. The van der Waals surface area contributed by atoms with Crippen LogP contribution >= 0.6 is 12.4 Å². The number of rotatable bonds is 4. The van der Waals surface area contributed by atoms with Crippen molar-refractivity contribution >= 4 is 18.3 Å². The standard InChI is InChI=1S/C12H24N2O.ClH/c1-4-12(2,3)9-11(15)14-10-5-7-13-8-6-10;/h10,13H,4-9H2,1-3H3,(H,14,15);1H. The van der Waals surface area contributed by atoms with E-state index in [9.17, 15) is 4.79 Å². The molecule has 1 rings (SSSR count). The molecular weight excluding hydrogens is 224 g/mol. The summed E-state index contributed by atoms with van der Waals surface area (Å²) >= 11 is 0. The molecule has 1 fully saturated rings. The smallest absolute Gasteiger partial charge is 0.220 e. The van der Waals surface area contributed by atoms with Crippen LogP contribution in [-0.2, 0) is 4.79 Å². The Morgan fingerprint density at radius 2 is 1.94 bits per heavy atom. The van der Waals surface area contributed by atoms with E-state index in [1.54, 1.807) is 0 Å². The van der Waals surface area contributed by atoms with E-state index in [0.717, 1.165) is 32.4 Å². The van der Waals surface area contributed by atoms with E-state index in [0.29, 0.717) is 12.5 Å². The lowest BCUT2D eigenvalue weighted by Gasteiger charge is -2.27. The molecule has 0 spiro atoms. The van der Waals surface area contributed by atoms with Gasteiger partial charge in [0.2, 0.25) is 5.91 Å². The molecule has 1 aliphatic heterocycles. The Morgan fingerprint density at radius 1 is 1.38 bits per heavy atom. The largest absolute Gasteiger partial charge is 0.353 e. The molecule has 2 N–H and O–H groups in total. The molecule has 1 saturated heterocycles. The van der Waals surface area contributed by atoms with Crippen LogP contribution in [-0.4, -0.2) is 25.0 Å². The molecule has 0 saturated carbocycles. The molecule has 3 nitrogen and oxygen atoms in total. The monoisotopic (exact) mass is 248 g/mol. The lowest BCUT2D eigenvalue weighted by atomic mass is 9.86. The summed E-state index contributed by atoms with van der Waals surface area (Å²) in [5.74, 6) is 0.216. The lowest BCUT2D eigenvalue weighted by molar-refractivity contribution is -0.123. The number of piperidine rings is 1. The Kier molecular flexibility index (Phi) is 7.00. The summed E-state index contributed by atoms with van der Waals surface area (Å²) in [5.41, 5.74) is 0.136. The maximum atomic E-state index is 11.8. The number of carbonyl (C=O) groups is 1. The molecule has 0 aliphatic carbocycles. The zero-order chi connectivity index (χ0) is 11.3. The normalized spacial score (nSPS) is 17.7. The van der Waals surface area contributed by atoms with E-state index in [2.05, 4.69) is 31.4 Å². The third-order valence-electron chi connectivity index (χ3n) is 3.30. The van der Waals surface area contributed by atoms with Crippen molar-refractivity contribution in [2.75, 3.05) is 13.1 Å². The summed E-state index contributed by atoms with van der Waals surface area (Å²) in [6.45, 7) is 8.49. The molecule has 0 bridgehead atoms. The molecule has 96 valence electrons. The minimum absolute atomic E-state index is 0. The Balaban J connectivity index is 0.00000225. The van der Waals surface area contributed by atoms with Crippen molar-refractivity contribution < 1.29 is 4.79 Å². The highest BCUT2D eigenvalue weighted by molar-refractivity contribution is 5.85. The fraction of sp³-hybridized carbons (Fsp3) is 0.917. The predicted molar refractivity (Wildman–Crippen MR) is 70.0 cm³/mol. The van der Waals surface area contributed by atoms with E-state index >= 15 is 0 Å². The van der Waals surface area contributed by atoms with Gasteiger partial charge < -0.3 is 10.6 Å². The Bertz CT molecular complexity index is 213. The molecular formula is C12H25ClN2O. The van der Waals surface area contributed by atoms with Gasteiger partial charge in [0.15, 0.2) is 0 Å². The van der Waals surface area contributed by atoms with Gasteiger partial charge in [0.05, 0.1) is 0 Å². The average molecular weight is 249 g/mol. The van der Waals surface area contributed by atoms with Crippen LogP contribution in [0.25, 0.3) is 0 Å². The topological polar surface area (TPSA) is 41.1 Å². The second-order valence-electron chi connectivity index (χ2n) is 5.29. The molecule has 1 heterocycles. The molecule has 1 aliphatic rings. The van der Waals surface area contributed by atoms with Gasteiger partial charge in [-0.15, -0.1) is 12.4 Å². The first-order valence-electron chi connectivity index (χ1n) is 6.03. The molecule has 0 aromatic heterocycles. The molecule has 0 aromatic carbocycles. The fourth-order valence-corrected chi connectivity index (χ4v) is 1.80. The van der Waals surface area contributed by atoms with Gasteiger partial charge in [-0.2, -0.15) is 0 Å². The number of hydrogen-bond donors (Lipinski definition) is 2. The maximum Gasteiger partial charge on any atom is 0.220 e. The number of carbonyl (C=O) groups excluding carboxylic acids is 1. The van der Waals surface area contributed by atoms with Gasteiger partial charge in [-0.05, 0) is 31.3 Å². The number of halogens is 1. The minimum atomic E-state index is 0. The molecule has 0 unspecified atom stereocenters. The molecule has 16 heavy (non-hydrogen) atoms. The van der Waals surface area contributed by atoms with E-state index in [-0.39, 0.29) is 23.7 Å². The third kappa shape index (κ3) is 5.71. The van der Waals surface area contributed by atoms with Gasteiger partial charge in [-0.1, -0.05) is 27.2 Å². The van der Waals surface area contributed by atoms with E-state index in [4.69, 9.17) is 0 Å². The second kappa shape index (κ2) is 7.13. The van der Waals surface area contributed by atoms with Crippen molar-refractivity contribution in [3.8, 4) is 0 Å². The molecule has 1 amide bonds. The van der Waals surface area contributed by atoms with Crippen molar-refractivity contribution in [2.24, 2.45) is 5.41 Å². The zero-order valence-electron chi connectivity index (χ0n) is 10.6. The van der Waals surface area contributed by atoms with Crippen LogP contribution in [0.2, 0.25) is 0 Å². The molecule has 0 radical (unpaired) electrons. The first-order chi connectivity index (χ1) is 7.03. The van der Waals surface area contributed by atoms with Gasteiger partial charge in [0.1, 0.15) is 0 Å². The van der Waals surface area contributed by atoms with Crippen LogP contribution in [0.15, 0.2) is 0 Å². The van der Waals surface area contributed by atoms with Gasteiger partial charge in [0, 0.05) is 12.5 Å². The van der Waals surface area contributed by atoms with Crippen molar-refractivity contribution in [1.29, 1.82) is 0 Å². The lowest BCUT2D eigenvalue weighted by Crippen LogP contribution is -2.43. The molecule has 0 atom stereocenters. The van der Waals surface area contributed by atoms with Crippen LogP contribution in [0, 0.1) is 5.41 Å². The molecule has 4 heteroatoms. The quantitative estimate of drug-likeness (QED) is 0.800. The summed E-state index contributed by atoms with van der Waals surface area (Å²) < 4.78 is 0. The van der Waals surface area contributed by atoms with E-state index in [1.807, 2.05) is 0 Å². The first kappa shape index (κ1) is 15.7. The number of nitrogens with one attached hydrogen (secondary N) is 2. The summed E-state index contributed by atoms with van der Waals surface area (Å²) in [4.78, 5) is 11.8. The minimum Gasteiger partial charge on any atom is -0.353 e. The predicted octanol–water partition coefficient (Wildman–Crippen LogP) is 2.10. The summed E-state index contributed by atoms with van der Waals surface area (Å²) in [6.07, 6.45) is 3.83. The first-order valence-corrected chi connectivity index (χ1v) is 6.03. The van der Waals surface area contributed by atoms with Crippen molar-refractivity contribution in [1.82, 2.24) is 10.6 Å². The van der Waals surface area contributed by atoms with Gasteiger partial charge >= 0.3 is 0 Å². The van der Waals surface area contributed by atoms with Crippen molar-refractivity contribution in [2.45, 2.75) is 52.5 Å². The Labute approximate surface area is 105 Å². The Morgan fingerprint density at radius 3 is 2.44 bits per heavy atom. The van der Waals surface area contributed by atoms with Crippen LogP contribution in [0.1, 0.15) is 46.5 Å². The van der Waals surface area contributed by atoms with E-state index in [1.165, 1.54) is 0 Å². The Hall–Kier alpha value is -0.280. The van der Waals surface area contributed by atoms with Gasteiger partial charge in [-0.25, -0.2) is 0 Å². The van der Waals surface area contributed by atoms with Crippen LogP contribution < -0.4 is 10.6 Å². The maximum absolute atomic E-state index is 11.8. The number of hydrogen-bond acceptors (Lipinski definition) is 2. The second-order valence-corrected chi connectivity index (χ2v) is 5.29. The average Bonchev–Trinajstić information content (AvgIpc) is 2.18. The zero-order valence-corrected chi connectivity index (χ0v) is 11.5. The third-order valence-corrected chi connectivity index (χ3v) is 3.30. The highest BCUT2D eigenvalue weighted by Gasteiger charge is 2.22. The highest BCUT2D eigenvalue weighted by Crippen LogP contribution is 2.24. The SMILES string of the molecule is CCC(C)(C)CC(=O)NC1CCNCC1.Cl. The number of amides is 1. The highest BCUT2D eigenvalue weighted by atomic mass is 35.5. The van der Waals surface area contributed by atoms with Crippen LogP contribution in [0.3, 0.4) is 0 Å². The van der Waals surface area contributed by atoms with Crippen molar-refractivity contribution in [3.63, 3.8) is 0 Å². The summed E-state index contributed by atoms with van der Waals surface area (Å²) in [6, 6.07) is 0.395. The van der Waals surface area contributed by atoms with Gasteiger partial charge in [0.25, 0.3) is 0 Å². The summed E-state index contributed by atoms with van der Waals surface area (Å²) in [7, 11) is 0. The molecule has 0 aromatic rings.